The number of benzene rings is 1. The lowest BCUT2D eigenvalue weighted by molar-refractivity contribution is -0.140. The minimum atomic E-state index is 0.000345. The molecular formula is C23H26N6O3S. The van der Waals surface area contributed by atoms with E-state index in [2.05, 4.69) is 15.3 Å². The van der Waals surface area contributed by atoms with Crippen molar-refractivity contribution in [3.8, 4) is 5.75 Å². The average Bonchev–Trinajstić information content (AvgIpc) is 3.23. The number of nitrogen functional groups attached to an aromatic ring is 1. The molecule has 172 valence electrons. The van der Waals surface area contributed by atoms with E-state index in [1.807, 2.05) is 4.90 Å². The Labute approximate surface area is 195 Å². The van der Waals surface area contributed by atoms with E-state index >= 15 is 0 Å². The van der Waals surface area contributed by atoms with Crippen LogP contribution in [0, 0.1) is 11.3 Å². The van der Waals surface area contributed by atoms with Crippen LogP contribution in [0.3, 0.4) is 0 Å². The summed E-state index contributed by atoms with van der Waals surface area (Å²) >= 11 is 1.64. The molecule has 0 spiro atoms. The Morgan fingerprint density at radius 1 is 1.36 bits per heavy atom. The molecule has 1 amide bonds. The fraction of sp³-hybridized carbons (Fsp3) is 0.391. The van der Waals surface area contributed by atoms with Crippen LogP contribution in [0.25, 0.3) is 10.2 Å². The number of nitrogens with two attached hydrogens (primary N) is 1. The number of hydrogen-bond acceptors (Lipinski definition) is 9. The molecule has 0 radical (unpaired) electrons. The van der Waals surface area contributed by atoms with Crippen LogP contribution in [0.5, 0.6) is 5.75 Å². The van der Waals surface area contributed by atoms with Crippen molar-refractivity contribution in [1.82, 2.24) is 14.9 Å². The van der Waals surface area contributed by atoms with Crippen LogP contribution in [-0.4, -0.2) is 60.4 Å². The maximum absolute atomic E-state index is 13.0. The Morgan fingerprint density at radius 2 is 2.18 bits per heavy atom. The van der Waals surface area contributed by atoms with Gasteiger partial charge in [0.2, 0.25) is 5.91 Å². The van der Waals surface area contributed by atoms with E-state index in [0.29, 0.717) is 54.8 Å². The van der Waals surface area contributed by atoms with Crippen molar-refractivity contribution in [3.05, 3.63) is 34.5 Å². The Balaban J connectivity index is 1.46. The molecule has 1 fully saturated rings. The molecule has 1 aromatic carbocycles. The highest BCUT2D eigenvalue weighted by Crippen LogP contribution is 2.42. The zero-order valence-corrected chi connectivity index (χ0v) is 19.2. The van der Waals surface area contributed by atoms with Gasteiger partial charge in [-0.1, -0.05) is 0 Å². The number of aryl methyl sites for hydroxylation is 1. The smallest absolute Gasteiger partial charge is 0.226 e. The van der Waals surface area contributed by atoms with E-state index in [9.17, 15) is 4.79 Å². The van der Waals surface area contributed by atoms with Gasteiger partial charge in [0.1, 0.15) is 22.7 Å². The number of ether oxygens (including phenoxy) is 2. The molecule has 5 rings (SSSR count). The predicted molar refractivity (Wildman–Crippen MR) is 129 cm³/mol. The number of carbonyl (C=O) groups excluding carboxylic acids is 1. The largest absolute Gasteiger partial charge is 0.494 e. The number of methoxy groups -OCH3 is 1. The summed E-state index contributed by atoms with van der Waals surface area (Å²) in [6.45, 7) is 2.58. The van der Waals surface area contributed by atoms with Crippen LogP contribution in [0.15, 0.2) is 18.5 Å². The van der Waals surface area contributed by atoms with Gasteiger partial charge in [-0.15, -0.1) is 11.3 Å². The highest BCUT2D eigenvalue weighted by Gasteiger charge is 2.32. The average molecular weight is 467 g/mol. The van der Waals surface area contributed by atoms with Crippen molar-refractivity contribution in [2.24, 2.45) is 5.92 Å². The topological polar surface area (TPSA) is 126 Å². The molecule has 2 aliphatic rings. The number of hydrogen-bond donors (Lipinski definition) is 3. The molecule has 1 aliphatic heterocycles. The van der Waals surface area contributed by atoms with Gasteiger partial charge in [-0.3, -0.25) is 4.79 Å². The lowest BCUT2D eigenvalue weighted by Gasteiger charge is -2.31. The summed E-state index contributed by atoms with van der Waals surface area (Å²) < 4.78 is 10.9. The number of carbonyl (C=O) groups is 1. The van der Waals surface area contributed by atoms with Gasteiger partial charge in [0.05, 0.1) is 31.4 Å². The molecule has 9 nitrogen and oxygen atoms in total. The highest BCUT2D eigenvalue weighted by molar-refractivity contribution is 7.19. The van der Waals surface area contributed by atoms with Gasteiger partial charge >= 0.3 is 0 Å². The molecule has 1 aliphatic carbocycles. The lowest BCUT2D eigenvalue weighted by atomic mass is 9.86. The SMILES string of the molecule is COc1cc(N)c(C=N)cc1Nc1ncnc2sc3c(c12)CCC(C(=O)N1CCOCC1)C3. The molecule has 10 heteroatoms. The molecule has 0 bridgehead atoms. The first-order valence-electron chi connectivity index (χ1n) is 11.0. The Kier molecular flexibility index (Phi) is 5.86. The van der Waals surface area contributed by atoms with Crippen LogP contribution in [0.2, 0.25) is 0 Å². The maximum Gasteiger partial charge on any atom is 0.226 e. The van der Waals surface area contributed by atoms with Gasteiger partial charge in [0, 0.05) is 47.4 Å². The Bertz CT molecular complexity index is 1220. The van der Waals surface area contributed by atoms with Crippen molar-refractivity contribution in [2.75, 3.05) is 44.5 Å². The number of aromatic nitrogens is 2. The molecular weight excluding hydrogens is 440 g/mol. The zero-order chi connectivity index (χ0) is 22.9. The number of thiophene rings is 1. The monoisotopic (exact) mass is 466 g/mol. The normalized spacial score (nSPS) is 18.1. The van der Waals surface area contributed by atoms with Crippen molar-refractivity contribution < 1.29 is 14.3 Å². The predicted octanol–water partition coefficient (Wildman–Crippen LogP) is 2.99. The van der Waals surface area contributed by atoms with Gasteiger partial charge < -0.3 is 30.8 Å². The standard InChI is InChI=1S/C23H26N6O3S/c1-31-18-10-16(25)14(11-24)8-17(18)28-21-20-15-3-2-13(23(30)29-4-6-32-7-5-29)9-19(15)33-22(20)27-12-26-21/h8,10-13,24H,2-7,9,25H2,1H3,(H,26,27,28). The fourth-order valence-electron chi connectivity index (χ4n) is 4.59. The van der Waals surface area contributed by atoms with Crippen molar-refractivity contribution in [1.29, 1.82) is 5.41 Å². The molecule has 2 aromatic heterocycles. The van der Waals surface area contributed by atoms with E-state index in [0.717, 1.165) is 29.5 Å². The molecule has 1 saturated heterocycles. The molecule has 0 saturated carbocycles. The maximum atomic E-state index is 13.0. The number of nitrogens with one attached hydrogen (secondary N) is 2. The minimum Gasteiger partial charge on any atom is -0.494 e. The van der Waals surface area contributed by atoms with Crippen molar-refractivity contribution in [2.45, 2.75) is 19.3 Å². The Hall–Kier alpha value is -3.24. The number of rotatable bonds is 5. The van der Waals surface area contributed by atoms with E-state index in [1.165, 1.54) is 16.7 Å². The number of anilines is 3. The highest BCUT2D eigenvalue weighted by atomic mass is 32.1. The van der Waals surface area contributed by atoms with Crippen LogP contribution >= 0.6 is 11.3 Å². The summed E-state index contributed by atoms with van der Waals surface area (Å²) in [5, 5.41) is 12.0. The van der Waals surface area contributed by atoms with Gasteiger partial charge in [0.15, 0.2) is 0 Å². The summed E-state index contributed by atoms with van der Waals surface area (Å²) in [5.41, 5.74) is 8.97. The van der Waals surface area contributed by atoms with Crippen LogP contribution in [0.1, 0.15) is 22.4 Å². The van der Waals surface area contributed by atoms with Crippen LogP contribution in [-0.2, 0) is 22.4 Å². The van der Waals surface area contributed by atoms with Gasteiger partial charge in [-0.05, 0) is 30.9 Å². The number of amides is 1. The summed E-state index contributed by atoms with van der Waals surface area (Å²) in [4.78, 5) is 26.1. The van der Waals surface area contributed by atoms with E-state index in [1.54, 1.807) is 36.9 Å². The minimum absolute atomic E-state index is 0.000345. The third-order valence-corrected chi connectivity index (χ3v) is 7.49. The summed E-state index contributed by atoms with van der Waals surface area (Å²) in [5.74, 6) is 1.50. The van der Waals surface area contributed by atoms with E-state index in [-0.39, 0.29) is 11.8 Å². The van der Waals surface area contributed by atoms with Crippen molar-refractivity contribution >= 4 is 50.9 Å². The third kappa shape index (κ3) is 4.00. The second-order valence-electron chi connectivity index (χ2n) is 8.23. The van der Waals surface area contributed by atoms with Gasteiger partial charge in [0.25, 0.3) is 0 Å². The van der Waals surface area contributed by atoms with Crippen LogP contribution < -0.4 is 15.8 Å². The quantitative estimate of drug-likeness (QED) is 0.390. The molecule has 3 heterocycles. The van der Waals surface area contributed by atoms with Crippen molar-refractivity contribution in [3.63, 3.8) is 0 Å². The first kappa shape index (κ1) is 21.6. The first-order chi connectivity index (χ1) is 16.1. The molecule has 3 aromatic rings. The summed E-state index contributed by atoms with van der Waals surface area (Å²) in [6.07, 6.45) is 5.11. The number of morpholine rings is 1. The molecule has 33 heavy (non-hydrogen) atoms. The third-order valence-electron chi connectivity index (χ3n) is 6.33. The van der Waals surface area contributed by atoms with Gasteiger partial charge in [-0.2, -0.15) is 0 Å². The number of nitrogens with zero attached hydrogens (tertiary/aromatic N) is 3. The summed E-state index contributed by atoms with van der Waals surface area (Å²) in [7, 11) is 1.58. The molecule has 4 N–H and O–H groups in total. The van der Waals surface area contributed by atoms with Crippen LogP contribution in [0.4, 0.5) is 17.2 Å². The van der Waals surface area contributed by atoms with Gasteiger partial charge in [-0.25, -0.2) is 9.97 Å². The molecule has 1 unspecified atom stereocenters. The Morgan fingerprint density at radius 3 is 2.94 bits per heavy atom. The summed E-state index contributed by atoms with van der Waals surface area (Å²) in [6, 6.07) is 3.48. The number of fused-ring (bicyclic) bond motifs is 3. The molecule has 1 atom stereocenters. The second-order valence-corrected chi connectivity index (χ2v) is 9.32. The lowest BCUT2D eigenvalue weighted by Crippen LogP contribution is -2.44. The zero-order valence-electron chi connectivity index (χ0n) is 18.4. The second kappa shape index (κ2) is 8.95. The first-order valence-corrected chi connectivity index (χ1v) is 11.8. The van der Waals surface area contributed by atoms with E-state index in [4.69, 9.17) is 20.6 Å². The van der Waals surface area contributed by atoms with E-state index < -0.39 is 0 Å². The fourth-order valence-corrected chi connectivity index (χ4v) is 5.86.